The molecule has 0 radical (unpaired) electrons. The first kappa shape index (κ1) is 23.8. The van der Waals surface area contributed by atoms with Crippen LogP contribution in [0.25, 0.3) is 0 Å². The van der Waals surface area contributed by atoms with Gasteiger partial charge in [0.1, 0.15) is 17.5 Å². The standard InChI is InChI=1S/C25H33ClN6O3/c1-25(2,3)35-24(33)30-10-9-20(15-30)34-19-6-4-5-16(11-19)32-17-7-8-18(32)14-31(13-17)21-12-22(26)28-29-23(21)27/h4-6,11-12,17-18,20H,7-10,13-15H2,1-3H3,(H2,27,29)/t17-,18+,20-/m0/s1. The lowest BCUT2D eigenvalue weighted by Gasteiger charge is -2.43. The van der Waals surface area contributed by atoms with Gasteiger partial charge in [0.25, 0.3) is 0 Å². The number of benzene rings is 1. The van der Waals surface area contributed by atoms with E-state index in [0.29, 0.717) is 36.1 Å². The van der Waals surface area contributed by atoms with Gasteiger partial charge in [0.05, 0.1) is 12.2 Å². The number of hydrogen-bond donors (Lipinski definition) is 1. The normalized spacial score (nSPS) is 24.1. The maximum atomic E-state index is 12.4. The third-order valence-electron chi connectivity index (χ3n) is 6.81. The maximum Gasteiger partial charge on any atom is 0.410 e. The topological polar surface area (TPSA) is 97.0 Å². The van der Waals surface area contributed by atoms with Gasteiger partial charge in [-0.3, -0.25) is 0 Å². The Balaban J connectivity index is 1.24. The Labute approximate surface area is 211 Å². The quantitative estimate of drug-likeness (QED) is 0.673. The van der Waals surface area contributed by atoms with E-state index < -0.39 is 5.60 Å². The molecule has 0 aliphatic carbocycles. The summed E-state index contributed by atoms with van der Waals surface area (Å²) in [7, 11) is 0. The van der Waals surface area contributed by atoms with Crippen LogP contribution in [-0.4, -0.2) is 71.2 Å². The molecule has 1 amide bonds. The minimum absolute atomic E-state index is 0.0433. The van der Waals surface area contributed by atoms with Gasteiger partial charge in [0.15, 0.2) is 11.0 Å². The van der Waals surface area contributed by atoms with Gasteiger partial charge >= 0.3 is 6.09 Å². The van der Waals surface area contributed by atoms with E-state index in [0.717, 1.165) is 49.5 Å². The molecule has 0 saturated carbocycles. The molecule has 35 heavy (non-hydrogen) atoms. The van der Waals surface area contributed by atoms with Crippen LogP contribution in [0.5, 0.6) is 5.75 Å². The van der Waals surface area contributed by atoms with Crippen molar-refractivity contribution in [3.63, 3.8) is 0 Å². The fourth-order valence-corrected chi connectivity index (χ4v) is 5.51. The molecule has 3 fully saturated rings. The summed E-state index contributed by atoms with van der Waals surface area (Å²) in [5.41, 5.74) is 7.62. The highest BCUT2D eigenvalue weighted by atomic mass is 35.5. The minimum Gasteiger partial charge on any atom is -0.488 e. The Morgan fingerprint density at radius 1 is 1.09 bits per heavy atom. The molecule has 1 aromatic carbocycles. The van der Waals surface area contributed by atoms with Crippen LogP contribution < -0.4 is 20.3 Å². The van der Waals surface area contributed by atoms with Gasteiger partial charge in [-0.2, -0.15) is 0 Å². The zero-order valence-electron chi connectivity index (χ0n) is 20.5. The Bertz CT molecular complexity index is 1080. The summed E-state index contributed by atoms with van der Waals surface area (Å²) in [6.45, 7) is 8.51. The fraction of sp³-hybridized carbons (Fsp3) is 0.560. The van der Waals surface area contributed by atoms with Crippen LogP contribution in [0.3, 0.4) is 0 Å². The average molecular weight is 501 g/mol. The first-order valence-corrected chi connectivity index (χ1v) is 12.6. The lowest BCUT2D eigenvalue weighted by atomic mass is 10.1. The number of nitrogens with two attached hydrogens (primary N) is 1. The monoisotopic (exact) mass is 500 g/mol. The van der Waals surface area contributed by atoms with Gasteiger partial charge in [-0.15, -0.1) is 10.2 Å². The second-order valence-electron chi connectivity index (χ2n) is 10.6. The Morgan fingerprint density at radius 3 is 2.54 bits per heavy atom. The number of anilines is 3. The van der Waals surface area contributed by atoms with E-state index in [4.69, 9.17) is 26.8 Å². The van der Waals surface area contributed by atoms with Crippen molar-refractivity contribution in [3.05, 3.63) is 35.5 Å². The van der Waals surface area contributed by atoms with E-state index in [1.54, 1.807) is 11.0 Å². The number of nitrogens with zero attached hydrogens (tertiary/aromatic N) is 5. The van der Waals surface area contributed by atoms with Crippen molar-refractivity contribution >= 4 is 34.9 Å². The first-order valence-electron chi connectivity index (χ1n) is 12.2. The zero-order chi connectivity index (χ0) is 24.7. The largest absolute Gasteiger partial charge is 0.488 e. The molecule has 0 unspecified atom stereocenters. The second-order valence-corrected chi connectivity index (χ2v) is 11.0. The molecular weight excluding hydrogens is 468 g/mol. The van der Waals surface area contributed by atoms with Crippen LogP contribution >= 0.6 is 11.6 Å². The number of amides is 1. The van der Waals surface area contributed by atoms with Crippen LogP contribution in [0.2, 0.25) is 5.15 Å². The summed E-state index contributed by atoms with van der Waals surface area (Å²) in [6, 6.07) is 10.8. The smallest absolute Gasteiger partial charge is 0.410 e. The van der Waals surface area contributed by atoms with Gasteiger partial charge in [0.2, 0.25) is 0 Å². The lowest BCUT2D eigenvalue weighted by molar-refractivity contribution is 0.0275. The Morgan fingerprint density at radius 2 is 1.83 bits per heavy atom. The van der Waals surface area contributed by atoms with E-state index in [2.05, 4.69) is 32.1 Å². The number of halogens is 1. The highest BCUT2D eigenvalue weighted by Crippen LogP contribution is 2.39. The number of likely N-dealkylation sites (tertiary alicyclic amines) is 1. The fourth-order valence-electron chi connectivity index (χ4n) is 5.37. The molecular formula is C25H33ClN6O3. The molecule has 1 aromatic heterocycles. The van der Waals surface area contributed by atoms with Crippen LogP contribution in [0, 0.1) is 0 Å². The van der Waals surface area contributed by atoms with Crippen molar-refractivity contribution in [3.8, 4) is 5.75 Å². The summed E-state index contributed by atoms with van der Waals surface area (Å²) in [6.07, 6.45) is 2.70. The third kappa shape index (κ3) is 5.19. The minimum atomic E-state index is -0.500. The molecule has 188 valence electrons. The molecule has 3 aliphatic rings. The molecule has 3 aliphatic heterocycles. The highest BCUT2D eigenvalue weighted by Gasteiger charge is 2.41. The van der Waals surface area contributed by atoms with Gasteiger partial charge in [0, 0.05) is 56.0 Å². The molecule has 9 nitrogen and oxygen atoms in total. The molecule has 3 saturated heterocycles. The number of carbonyl (C=O) groups is 1. The number of aromatic nitrogens is 2. The highest BCUT2D eigenvalue weighted by molar-refractivity contribution is 6.29. The first-order chi connectivity index (χ1) is 16.7. The third-order valence-corrected chi connectivity index (χ3v) is 6.99. The van der Waals surface area contributed by atoms with Crippen molar-refractivity contribution < 1.29 is 14.3 Å². The number of piperazine rings is 1. The van der Waals surface area contributed by atoms with Gasteiger partial charge in [-0.05, 0) is 45.7 Å². The molecule has 3 atom stereocenters. The number of rotatable bonds is 4. The number of fused-ring (bicyclic) bond motifs is 2. The summed E-state index contributed by atoms with van der Waals surface area (Å²) in [5.74, 6) is 1.24. The lowest BCUT2D eigenvalue weighted by Crippen LogP contribution is -2.54. The van der Waals surface area contributed by atoms with Crippen molar-refractivity contribution in [1.82, 2.24) is 15.1 Å². The molecule has 2 bridgehead atoms. The van der Waals surface area contributed by atoms with Crippen molar-refractivity contribution in [1.29, 1.82) is 0 Å². The van der Waals surface area contributed by atoms with Crippen LogP contribution in [-0.2, 0) is 4.74 Å². The summed E-state index contributed by atoms with van der Waals surface area (Å²) >= 11 is 6.08. The van der Waals surface area contributed by atoms with Crippen molar-refractivity contribution in [2.24, 2.45) is 0 Å². The average Bonchev–Trinajstić information content (AvgIpc) is 3.36. The molecule has 5 rings (SSSR count). The molecule has 2 aromatic rings. The van der Waals surface area contributed by atoms with Crippen molar-refractivity contribution in [2.75, 3.05) is 41.7 Å². The summed E-state index contributed by atoms with van der Waals surface area (Å²) < 4.78 is 11.8. The molecule has 0 spiro atoms. The van der Waals surface area contributed by atoms with Crippen LogP contribution in [0.4, 0.5) is 22.0 Å². The second kappa shape index (κ2) is 9.26. The summed E-state index contributed by atoms with van der Waals surface area (Å²) in [5, 5.41) is 8.18. The maximum absolute atomic E-state index is 12.4. The number of ether oxygens (including phenoxy) is 2. The number of carbonyl (C=O) groups excluding carboxylic acids is 1. The Hall–Kier alpha value is -2.94. The van der Waals surface area contributed by atoms with E-state index in [1.165, 1.54) is 0 Å². The predicted octanol–water partition coefficient (Wildman–Crippen LogP) is 3.96. The Kier molecular flexibility index (Phi) is 6.29. The van der Waals surface area contributed by atoms with Gasteiger partial charge in [-0.1, -0.05) is 17.7 Å². The summed E-state index contributed by atoms with van der Waals surface area (Å²) in [4.78, 5) is 18.9. The van der Waals surface area contributed by atoms with E-state index >= 15 is 0 Å². The van der Waals surface area contributed by atoms with Crippen molar-refractivity contribution in [2.45, 2.75) is 63.8 Å². The van der Waals surface area contributed by atoms with Crippen LogP contribution in [0.1, 0.15) is 40.0 Å². The molecule has 10 heteroatoms. The zero-order valence-corrected chi connectivity index (χ0v) is 21.2. The number of nitrogen functional groups attached to an aromatic ring is 1. The predicted molar refractivity (Wildman–Crippen MR) is 136 cm³/mol. The van der Waals surface area contributed by atoms with E-state index in [-0.39, 0.29) is 12.2 Å². The number of hydrogen-bond acceptors (Lipinski definition) is 8. The van der Waals surface area contributed by atoms with Gasteiger partial charge < -0.3 is 29.9 Å². The molecule has 2 N–H and O–H groups in total. The van der Waals surface area contributed by atoms with Gasteiger partial charge in [-0.25, -0.2) is 4.79 Å². The SMILES string of the molecule is CC(C)(C)OC(=O)N1CC[C@H](Oc2cccc(N3[C@@H]4CC[C@H]3CN(c3cc(Cl)nnc3N)C4)c2)C1. The van der Waals surface area contributed by atoms with Crippen LogP contribution in [0.15, 0.2) is 30.3 Å². The molecule has 4 heterocycles. The van der Waals surface area contributed by atoms with E-state index in [1.807, 2.05) is 32.9 Å². The van der Waals surface area contributed by atoms with E-state index in [9.17, 15) is 4.79 Å².